The molecule has 0 aliphatic carbocycles. The molecule has 3 rings (SSSR count). The van der Waals surface area contributed by atoms with E-state index in [1.165, 1.54) is 20.3 Å². The summed E-state index contributed by atoms with van der Waals surface area (Å²) in [4.78, 5) is 29.4. The predicted octanol–water partition coefficient (Wildman–Crippen LogP) is 2.14. The van der Waals surface area contributed by atoms with Crippen molar-refractivity contribution in [2.45, 2.75) is 6.92 Å². The largest absolute Gasteiger partial charge is 0.341 e. The first-order chi connectivity index (χ1) is 11.5. The van der Waals surface area contributed by atoms with Crippen molar-refractivity contribution in [2.75, 3.05) is 14.1 Å². The van der Waals surface area contributed by atoms with Crippen molar-refractivity contribution in [1.29, 1.82) is 0 Å². The third-order valence-electron chi connectivity index (χ3n) is 3.78. The van der Waals surface area contributed by atoms with E-state index in [2.05, 4.69) is 15.4 Å². The van der Waals surface area contributed by atoms with Crippen molar-refractivity contribution in [3.05, 3.63) is 53.9 Å². The standard InChI is InChI=1S/C17H17N5O2/c1-11-14-9-12(16(23)21(3)17(24)18-2)10-19-15(14)22(20-11)13-7-5-4-6-8-13/h4-10H,1-3H3,(H,18,24). The van der Waals surface area contributed by atoms with Crippen LogP contribution in [0.25, 0.3) is 16.7 Å². The second kappa shape index (κ2) is 6.11. The molecule has 2 aromatic heterocycles. The minimum absolute atomic E-state index is 0.337. The maximum absolute atomic E-state index is 12.4. The number of hydrogen-bond acceptors (Lipinski definition) is 4. The van der Waals surface area contributed by atoms with E-state index in [1.54, 1.807) is 10.7 Å². The summed E-state index contributed by atoms with van der Waals surface area (Å²) >= 11 is 0. The van der Waals surface area contributed by atoms with E-state index < -0.39 is 11.9 Å². The summed E-state index contributed by atoms with van der Waals surface area (Å²) in [6.45, 7) is 1.86. The van der Waals surface area contributed by atoms with Crippen molar-refractivity contribution in [2.24, 2.45) is 0 Å². The zero-order valence-electron chi connectivity index (χ0n) is 13.6. The van der Waals surface area contributed by atoms with E-state index in [1.807, 2.05) is 37.3 Å². The second-order valence-electron chi connectivity index (χ2n) is 5.35. The Morgan fingerprint density at radius 2 is 1.92 bits per heavy atom. The Bertz CT molecular complexity index is 917. The highest BCUT2D eigenvalue weighted by Gasteiger charge is 2.20. The van der Waals surface area contributed by atoms with Gasteiger partial charge in [-0.25, -0.2) is 14.5 Å². The van der Waals surface area contributed by atoms with Crippen molar-refractivity contribution in [3.63, 3.8) is 0 Å². The van der Waals surface area contributed by atoms with Gasteiger partial charge in [0.15, 0.2) is 5.65 Å². The van der Waals surface area contributed by atoms with Gasteiger partial charge < -0.3 is 5.32 Å². The van der Waals surface area contributed by atoms with Crippen LogP contribution in [0.2, 0.25) is 0 Å². The number of aromatic nitrogens is 3. The molecule has 1 aromatic carbocycles. The van der Waals surface area contributed by atoms with E-state index in [0.29, 0.717) is 11.2 Å². The molecule has 122 valence electrons. The minimum Gasteiger partial charge on any atom is -0.341 e. The molecule has 1 N–H and O–H groups in total. The number of benzene rings is 1. The van der Waals surface area contributed by atoms with Crippen LogP contribution in [0.15, 0.2) is 42.6 Å². The monoisotopic (exact) mass is 323 g/mol. The van der Waals surface area contributed by atoms with E-state index in [9.17, 15) is 9.59 Å². The van der Waals surface area contributed by atoms with Crippen LogP contribution >= 0.6 is 0 Å². The zero-order chi connectivity index (χ0) is 17.3. The fourth-order valence-corrected chi connectivity index (χ4v) is 2.46. The molecule has 0 fully saturated rings. The number of para-hydroxylation sites is 1. The lowest BCUT2D eigenvalue weighted by Gasteiger charge is -2.14. The number of aryl methyl sites for hydroxylation is 1. The SMILES string of the molecule is CNC(=O)N(C)C(=O)c1cnc2c(c1)c(C)nn2-c1ccccc1. The maximum atomic E-state index is 12.4. The summed E-state index contributed by atoms with van der Waals surface area (Å²) in [5.74, 6) is -0.421. The Hall–Kier alpha value is -3.22. The molecule has 0 aliphatic rings. The zero-order valence-corrected chi connectivity index (χ0v) is 13.6. The quantitative estimate of drug-likeness (QED) is 0.783. The van der Waals surface area contributed by atoms with Crippen LogP contribution < -0.4 is 5.32 Å². The third kappa shape index (κ3) is 2.60. The van der Waals surface area contributed by atoms with Crippen molar-refractivity contribution >= 4 is 23.0 Å². The number of carbonyl (C=O) groups is 2. The van der Waals surface area contributed by atoms with Gasteiger partial charge in [0.05, 0.1) is 16.9 Å². The van der Waals surface area contributed by atoms with Crippen molar-refractivity contribution in [3.8, 4) is 5.69 Å². The molecule has 0 radical (unpaired) electrons. The molecule has 0 aliphatic heterocycles. The fourth-order valence-electron chi connectivity index (χ4n) is 2.46. The van der Waals surface area contributed by atoms with E-state index in [-0.39, 0.29) is 0 Å². The molecule has 0 unspecified atom stereocenters. The first-order valence-corrected chi connectivity index (χ1v) is 7.43. The van der Waals surface area contributed by atoms with Crippen LogP contribution in [0.4, 0.5) is 4.79 Å². The molecular formula is C17H17N5O2. The molecule has 3 aromatic rings. The molecule has 24 heavy (non-hydrogen) atoms. The first-order valence-electron chi connectivity index (χ1n) is 7.43. The molecule has 3 amide bonds. The number of amides is 3. The van der Waals surface area contributed by atoms with Crippen molar-refractivity contribution < 1.29 is 9.59 Å². The van der Waals surface area contributed by atoms with Gasteiger partial charge in [-0.2, -0.15) is 5.10 Å². The number of rotatable bonds is 2. The average Bonchev–Trinajstić information content (AvgIpc) is 2.96. The van der Waals surface area contributed by atoms with Crippen LogP contribution in [0.1, 0.15) is 16.1 Å². The number of pyridine rings is 1. The van der Waals surface area contributed by atoms with Crippen LogP contribution in [-0.4, -0.2) is 45.7 Å². The van der Waals surface area contributed by atoms with Crippen LogP contribution in [0, 0.1) is 6.92 Å². The van der Waals surface area contributed by atoms with Gasteiger partial charge in [0.25, 0.3) is 5.91 Å². The third-order valence-corrected chi connectivity index (χ3v) is 3.78. The lowest BCUT2D eigenvalue weighted by Crippen LogP contribution is -2.39. The topological polar surface area (TPSA) is 80.1 Å². The molecule has 0 saturated heterocycles. The van der Waals surface area contributed by atoms with Gasteiger partial charge in [-0.05, 0) is 25.1 Å². The minimum atomic E-state index is -0.475. The molecule has 7 heteroatoms. The smallest absolute Gasteiger partial charge is 0.323 e. The van der Waals surface area contributed by atoms with E-state index in [4.69, 9.17) is 0 Å². The Morgan fingerprint density at radius 3 is 2.58 bits per heavy atom. The number of hydrogen-bond donors (Lipinski definition) is 1. The lowest BCUT2D eigenvalue weighted by atomic mass is 10.2. The Balaban J connectivity index is 2.06. The first kappa shape index (κ1) is 15.7. The molecule has 0 bridgehead atoms. The van der Waals surface area contributed by atoms with E-state index >= 15 is 0 Å². The average molecular weight is 323 g/mol. The number of urea groups is 1. The van der Waals surface area contributed by atoms with Gasteiger partial charge in [0.2, 0.25) is 0 Å². The molecule has 7 nitrogen and oxygen atoms in total. The van der Waals surface area contributed by atoms with Gasteiger partial charge in [0.1, 0.15) is 0 Å². The fraction of sp³-hybridized carbons (Fsp3) is 0.176. The summed E-state index contributed by atoms with van der Waals surface area (Å²) in [5.41, 5.74) is 2.66. The molecule has 0 spiro atoms. The Kier molecular flexibility index (Phi) is 3.99. The van der Waals surface area contributed by atoms with Crippen LogP contribution in [0.5, 0.6) is 0 Å². The van der Waals surface area contributed by atoms with Crippen LogP contribution in [0.3, 0.4) is 0 Å². The van der Waals surface area contributed by atoms with Gasteiger partial charge >= 0.3 is 6.03 Å². The summed E-state index contributed by atoms with van der Waals surface area (Å²) in [6, 6.07) is 10.9. The predicted molar refractivity (Wildman–Crippen MR) is 90.2 cm³/mol. The highest BCUT2D eigenvalue weighted by atomic mass is 16.2. The van der Waals surface area contributed by atoms with Crippen LogP contribution in [-0.2, 0) is 0 Å². The Labute approximate surface area is 138 Å². The molecular weight excluding hydrogens is 306 g/mol. The second-order valence-corrected chi connectivity index (χ2v) is 5.35. The molecule has 0 atom stereocenters. The Morgan fingerprint density at radius 1 is 1.21 bits per heavy atom. The number of imide groups is 1. The van der Waals surface area contributed by atoms with Crippen molar-refractivity contribution in [1.82, 2.24) is 25.0 Å². The van der Waals surface area contributed by atoms with Gasteiger partial charge in [0, 0.05) is 25.7 Å². The number of carbonyl (C=O) groups excluding carboxylic acids is 2. The maximum Gasteiger partial charge on any atom is 0.323 e. The molecule has 0 saturated carbocycles. The molecule has 2 heterocycles. The summed E-state index contributed by atoms with van der Waals surface area (Å²) in [6.07, 6.45) is 1.46. The normalized spacial score (nSPS) is 10.6. The number of nitrogens with zero attached hydrogens (tertiary/aromatic N) is 4. The van der Waals surface area contributed by atoms with Gasteiger partial charge in [-0.1, -0.05) is 18.2 Å². The van der Waals surface area contributed by atoms with E-state index in [0.717, 1.165) is 21.7 Å². The van der Waals surface area contributed by atoms with Gasteiger partial charge in [-0.3, -0.25) is 9.69 Å². The number of nitrogens with one attached hydrogen (secondary N) is 1. The summed E-state index contributed by atoms with van der Waals surface area (Å²) in [7, 11) is 2.90. The summed E-state index contributed by atoms with van der Waals surface area (Å²) < 4.78 is 1.74. The number of fused-ring (bicyclic) bond motifs is 1. The lowest BCUT2D eigenvalue weighted by molar-refractivity contribution is 0.0832. The highest BCUT2D eigenvalue weighted by molar-refractivity contribution is 6.05. The summed E-state index contributed by atoms with van der Waals surface area (Å²) in [5, 5.41) is 7.70. The van der Waals surface area contributed by atoms with Gasteiger partial charge in [-0.15, -0.1) is 0 Å². The highest BCUT2D eigenvalue weighted by Crippen LogP contribution is 2.21.